The summed E-state index contributed by atoms with van der Waals surface area (Å²) in [5.74, 6) is 0. The van der Waals surface area contributed by atoms with Crippen LogP contribution in [0.25, 0.3) is 0 Å². The molecule has 0 aliphatic heterocycles. The number of aliphatic hydroxyl groups is 1. The van der Waals surface area contributed by atoms with Crippen LogP contribution < -0.4 is 10.6 Å². The van der Waals surface area contributed by atoms with Crippen molar-refractivity contribution in [2.75, 3.05) is 25.6 Å². The summed E-state index contributed by atoms with van der Waals surface area (Å²) < 4.78 is 5.12. The minimum atomic E-state index is -1.28. The monoisotopic (exact) mass is 328 g/mol. The van der Waals surface area contributed by atoms with Gasteiger partial charge < -0.3 is 20.5 Å². The lowest BCUT2D eigenvalue weighted by molar-refractivity contribution is -0.0324. The molecule has 128 valence electrons. The highest BCUT2D eigenvalue weighted by molar-refractivity contribution is 5.89. The van der Waals surface area contributed by atoms with E-state index < -0.39 is 5.60 Å². The number of amides is 2. The second-order valence-corrected chi connectivity index (χ2v) is 5.94. The van der Waals surface area contributed by atoms with E-state index in [0.29, 0.717) is 11.3 Å². The van der Waals surface area contributed by atoms with Crippen molar-refractivity contribution in [1.29, 1.82) is 0 Å². The SMILES string of the molecule is COC[C@@](O)(CNC(=O)Nc1ccc(C)c(C)c1)c1ccccc1. The van der Waals surface area contributed by atoms with Crippen LogP contribution in [-0.4, -0.2) is 31.4 Å². The average Bonchev–Trinajstić information content (AvgIpc) is 2.57. The number of methoxy groups -OCH3 is 1. The van der Waals surface area contributed by atoms with Gasteiger partial charge in [0.05, 0.1) is 13.2 Å². The molecule has 0 heterocycles. The first-order valence-electron chi connectivity index (χ1n) is 7.83. The predicted octanol–water partition coefficient (Wildman–Crippen LogP) is 2.96. The summed E-state index contributed by atoms with van der Waals surface area (Å²) in [4.78, 5) is 12.1. The van der Waals surface area contributed by atoms with Gasteiger partial charge in [0.1, 0.15) is 5.60 Å². The summed E-state index contributed by atoms with van der Waals surface area (Å²) in [5.41, 5.74) is 2.40. The van der Waals surface area contributed by atoms with Gasteiger partial charge >= 0.3 is 6.03 Å². The van der Waals surface area contributed by atoms with Crippen molar-refractivity contribution < 1.29 is 14.6 Å². The molecule has 5 heteroatoms. The Morgan fingerprint density at radius 1 is 1.12 bits per heavy atom. The molecule has 0 unspecified atom stereocenters. The Morgan fingerprint density at radius 3 is 2.46 bits per heavy atom. The van der Waals surface area contributed by atoms with Gasteiger partial charge in [-0.3, -0.25) is 0 Å². The predicted molar refractivity (Wildman–Crippen MR) is 95.2 cm³/mol. The first-order valence-corrected chi connectivity index (χ1v) is 7.83. The smallest absolute Gasteiger partial charge is 0.319 e. The van der Waals surface area contributed by atoms with Crippen LogP contribution in [0.3, 0.4) is 0 Å². The number of rotatable bonds is 6. The molecule has 0 aliphatic rings. The Labute approximate surface area is 142 Å². The number of hydrogen-bond acceptors (Lipinski definition) is 3. The maximum Gasteiger partial charge on any atom is 0.319 e. The van der Waals surface area contributed by atoms with E-state index in [2.05, 4.69) is 10.6 Å². The maximum atomic E-state index is 12.1. The van der Waals surface area contributed by atoms with Crippen molar-refractivity contribution >= 4 is 11.7 Å². The standard InChI is InChI=1S/C19H24N2O3/c1-14-9-10-17(11-15(14)2)21-18(22)20-12-19(23,13-24-3)16-7-5-4-6-8-16/h4-11,23H,12-13H2,1-3H3,(H2,20,21,22)/t19-/m0/s1. The van der Waals surface area contributed by atoms with Crippen molar-refractivity contribution in [2.45, 2.75) is 19.4 Å². The molecule has 0 saturated heterocycles. The molecule has 1 atom stereocenters. The lowest BCUT2D eigenvalue weighted by Crippen LogP contribution is -2.45. The zero-order valence-electron chi connectivity index (χ0n) is 14.3. The highest BCUT2D eigenvalue weighted by Gasteiger charge is 2.29. The van der Waals surface area contributed by atoms with Gasteiger partial charge in [-0.25, -0.2) is 4.79 Å². The highest BCUT2D eigenvalue weighted by Crippen LogP contribution is 2.20. The lowest BCUT2D eigenvalue weighted by atomic mass is 9.94. The average molecular weight is 328 g/mol. The van der Waals surface area contributed by atoms with E-state index in [1.807, 2.05) is 62.4 Å². The van der Waals surface area contributed by atoms with Crippen LogP contribution in [0.1, 0.15) is 16.7 Å². The summed E-state index contributed by atoms with van der Waals surface area (Å²) in [5, 5.41) is 16.3. The topological polar surface area (TPSA) is 70.6 Å². The Bertz CT molecular complexity index is 688. The van der Waals surface area contributed by atoms with Gasteiger partial charge in [-0.05, 0) is 42.7 Å². The van der Waals surface area contributed by atoms with E-state index in [1.54, 1.807) is 0 Å². The molecule has 0 aromatic heterocycles. The number of nitrogens with one attached hydrogen (secondary N) is 2. The summed E-state index contributed by atoms with van der Waals surface area (Å²) in [6.07, 6.45) is 0. The maximum absolute atomic E-state index is 12.1. The Hall–Kier alpha value is -2.37. The Kier molecular flexibility index (Phi) is 5.95. The van der Waals surface area contributed by atoms with E-state index in [9.17, 15) is 9.90 Å². The van der Waals surface area contributed by atoms with Gasteiger partial charge in [-0.1, -0.05) is 36.4 Å². The number of benzene rings is 2. The van der Waals surface area contributed by atoms with Crippen LogP contribution in [0.2, 0.25) is 0 Å². The fraction of sp³-hybridized carbons (Fsp3) is 0.316. The minimum absolute atomic E-state index is 0.0432. The quantitative estimate of drug-likeness (QED) is 0.763. The molecule has 2 amide bonds. The number of carbonyl (C=O) groups excluding carboxylic acids is 1. The van der Waals surface area contributed by atoms with E-state index in [-0.39, 0.29) is 19.2 Å². The van der Waals surface area contributed by atoms with E-state index >= 15 is 0 Å². The van der Waals surface area contributed by atoms with E-state index in [0.717, 1.165) is 5.56 Å². The molecular formula is C19H24N2O3. The number of hydrogen-bond donors (Lipinski definition) is 3. The van der Waals surface area contributed by atoms with Gasteiger partial charge in [0.15, 0.2) is 0 Å². The third kappa shape index (κ3) is 4.57. The fourth-order valence-corrected chi connectivity index (χ4v) is 2.44. The van der Waals surface area contributed by atoms with E-state index in [1.165, 1.54) is 12.7 Å². The largest absolute Gasteiger partial charge is 0.381 e. The molecular weight excluding hydrogens is 304 g/mol. The number of carbonyl (C=O) groups is 1. The molecule has 0 bridgehead atoms. The molecule has 0 spiro atoms. The van der Waals surface area contributed by atoms with Crippen molar-refractivity contribution in [3.63, 3.8) is 0 Å². The van der Waals surface area contributed by atoms with Gasteiger partial charge in [0, 0.05) is 12.8 Å². The molecule has 0 radical (unpaired) electrons. The van der Waals surface area contributed by atoms with Crippen molar-refractivity contribution in [1.82, 2.24) is 5.32 Å². The molecule has 0 fully saturated rings. The number of urea groups is 1. The van der Waals surface area contributed by atoms with Crippen LogP contribution in [0.5, 0.6) is 0 Å². The van der Waals surface area contributed by atoms with Gasteiger partial charge in [-0.15, -0.1) is 0 Å². The molecule has 3 N–H and O–H groups in total. The summed E-state index contributed by atoms with van der Waals surface area (Å²) in [6, 6.07) is 14.5. The number of anilines is 1. The first kappa shape index (κ1) is 18.0. The zero-order valence-corrected chi connectivity index (χ0v) is 14.3. The fourth-order valence-electron chi connectivity index (χ4n) is 2.44. The highest BCUT2D eigenvalue weighted by atomic mass is 16.5. The molecule has 2 aromatic carbocycles. The van der Waals surface area contributed by atoms with Crippen LogP contribution >= 0.6 is 0 Å². The Balaban J connectivity index is 2.01. The normalized spacial score (nSPS) is 13.2. The number of aryl methyl sites for hydroxylation is 2. The van der Waals surface area contributed by atoms with Crippen molar-refractivity contribution in [3.8, 4) is 0 Å². The van der Waals surface area contributed by atoms with Crippen LogP contribution in [0.15, 0.2) is 48.5 Å². The summed E-state index contributed by atoms with van der Waals surface area (Å²) in [6.45, 7) is 4.14. The molecule has 2 aromatic rings. The van der Waals surface area contributed by atoms with Crippen LogP contribution in [0.4, 0.5) is 10.5 Å². The molecule has 0 saturated carbocycles. The van der Waals surface area contributed by atoms with Crippen molar-refractivity contribution in [3.05, 3.63) is 65.2 Å². The minimum Gasteiger partial charge on any atom is -0.381 e. The van der Waals surface area contributed by atoms with Gasteiger partial charge in [-0.2, -0.15) is 0 Å². The molecule has 5 nitrogen and oxygen atoms in total. The third-order valence-electron chi connectivity index (χ3n) is 4.00. The molecule has 2 rings (SSSR count). The second-order valence-electron chi connectivity index (χ2n) is 5.94. The number of ether oxygens (including phenoxy) is 1. The second kappa shape index (κ2) is 7.95. The molecule has 24 heavy (non-hydrogen) atoms. The van der Waals surface area contributed by atoms with Gasteiger partial charge in [0.2, 0.25) is 0 Å². The van der Waals surface area contributed by atoms with Crippen LogP contribution in [-0.2, 0) is 10.3 Å². The third-order valence-corrected chi connectivity index (χ3v) is 4.00. The lowest BCUT2D eigenvalue weighted by Gasteiger charge is -2.28. The Morgan fingerprint density at radius 2 is 1.83 bits per heavy atom. The summed E-state index contributed by atoms with van der Waals surface area (Å²) >= 11 is 0. The van der Waals surface area contributed by atoms with E-state index in [4.69, 9.17) is 4.74 Å². The summed E-state index contributed by atoms with van der Waals surface area (Å²) in [7, 11) is 1.52. The van der Waals surface area contributed by atoms with Crippen LogP contribution in [0, 0.1) is 13.8 Å². The first-order chi connectivity index (χ1) is 11.4. The van der Waals surface area contributed by atoms with Crippen molar-refractivity contribution in [2.24, 2.45) is 0 Å². The van der Waals surface area contributed by atoms with Gasteiger partial charge in [0.25, 0.3) is 0 Å². The molecule has 0 aliphatic carbocycles. The zero-order chi connectivity index (χ0) is 17.6.